The van der Waals surface area contributed by atoms with E-state index in [0.29, 0.717) is 0 Å². The van der Waals surface area contributed by atoms with Crippen molar-refractivity contribution in [2.75, 3.05) is 0 Å². The molecular formula is C18H16N2O2. The highest BCUT2D eigenvalue weighted by Gasteiger charge is 2.15. The minimum absolute atomic E-state index is 0.0156. The molecule has 1 atom stereocenters. The number of carbonyl (C=O) groups is 1. The summed E-state index contributed by atoms with van der Waals surface area (Å²) in [4.78, 5) is 16.4. The van der Waals surface area contributed by atoms with Crippen LogP contribution in [0, 0.1) is 0 Å². The smallest absolute Gasteiger partial charge is 0.255 e. The van der Waals surface area contributed by atoms with E-state index in [2.05, 4.69) is 10.3 Å². The lowest BCUT2D eigenvalue weighted by Gasteiger charge is -2.15. The normalized spacial score (nSPS) is 12.0. The van der Waals surface area contributed by atoms with E-state index in [1.807, 2.05) is 43.3 Å². The van der Waals surface area contributed by atoms with Crippen LogP contribution in [0.25, 0.3) is 10.8 Å². The first-order valence-electron chi connectivity index (χ1n) is 7.07. The minimum Gasteiger partial charge on any atom is -0.507 e. The monoisotopic (exact) mass is 292 g/mol. The first-order valence-corrected chi connectivity index (χ1v) is 7.07. The third kappa shape index (κ3) is 2.76. The molecule has 1 aromatic heterocycles. The standard InChI is InChI=1S/C18H16N2O2/c1-12(13-6-8-19-9-7-13)20-18(22)16-10-14-4-2-3-5-15(14)11-17(16)21/h2-12,21H,1H3,(H,20,22). The number of fused-ring (bicyclic) bond motifs is 1. The van der Waals surface area contributed by atoms with E-state index in [0.717, 1.165) is 16.3 Å². The average molecular weight is 292 g/mol. The summed E-state index contributed by atoms with van der Waals surface area (Å²) in [5.41, 5.74) is 1.24. The lowest BCUT2D eigenvalue weighted by molar-refractivity contribution is 0.0937. The van der Waals surface area contributed by atoms with Crippen molar-refractivity contribution in [2.24, 2.45) is 0 Å². The zero-order valence-electron chi connectivity index (χ0n) is 12.2. The maximum absolute atomic E-state index is 12.4. The predicted octanol–water partition coefficient (Wildman–Crippen LogP) is 3.43. The SMILES string of the molecule is CC(NC(=O)c1cc2ccccc2cc1O)c1ccncc1. The predicted molar refractivity (Wildman–Crippen MR) is 85.7 cm³/mol. The lowest BCUT2D eigenvalue weighted by Crippen LogP contribution is -2.26. The Labute approximate surface area is 128 Å². The number of pyridine rings is 1. The third-order valence-electron chi connectivity index (χ3n) is 3.66. The molecule has 0 bridgehead atoms. The molecular weight excluding hydrogens is 276 g/mol. The Kier molecular flexibility index (Phi) is 3.74. The van der Waals surface area contributed by atoms with Crippen LogP contribution in [0.4, 0.5) is 0 Å². The van der Waals surface area contributed by atoms with Crippen molar-refractivity contribution in [3.8, 4) is 5.75 Å². The molecule has 4 heteroatoms. The fraction of sp³-hybridized carbons (Fsp3) is 0.111. The maximum Gasteiger partial charge on any atom is 0.255 e. The van der Waals surface area contributed by atoms with Gasteiger partial charge in [-0.3, -0.25) is 9.78 Å². The molecule has 1 amide bonds. The van der Waals surface area contributed by atoms with Gasteiger partial charge >= 0.3 is 0 Å². The fourth-order valence-corrected chi connectivity index (χ4v) is 2.42. The second-order valence-corrected chi connectivity index (χ2v) is 5.19. The summed E-state index contributed by atoms with van der Waals surface area (Å²) >= 11 is 0. The number of nitrogens with one attached hydrogen (secondary N) is 1. The van der Waals surface area contributed by atoms with Gasteiger partial charge in [0, 0.05) is 12.4 Å². The molecule has 0 spiro atoms. The lowest BCUT2D eigenvalue weighted by atomic mass is 10.0. The highest BCUT2D eigenvalue weighted by Crippen LogP contribution is 2.25. The topological polar surface area (TPSA) is 62.2 Å². The zero-order chi connectivity index (χ0) is 15.5. The number of amides is 1. The van der Waals surface area contributed by atoms with E-state index in [-0.39, 0.29) is 23.3 Å². The molecule has 0 saturated heterocycles. The summed E-state index contributed by atoms with van der Waals surface area (Å²) in [6, 6.07) is 14.5. The molecule has 3 rings (SSSR count). The van der Waals surface area contributed by atoms with Crippen LogP contribution in [0.1, 0.15) is 28.9 Å². The number of rotatable bonds is 3. The molecule has 1 heterocycles. The number of carbonyl (C=O) groups excluding carboxylic acids is 1. The van der Waals surface area contributed by atoms with Crippen molar-refractivity contribution in [2.45, 2.75) is 13.0 Å². The number of aromatic nitrogens is 1. The van der Waals surface area contributed by atoms with Gasteiger partial charge in [0.1, 0.15) is 5.75 Å². The van der Waals surface area contributed by atoms with Gasteiger partial charge in [0.05, 0.1) is 11.6 Å². The molecule has 0 fully saturated rings. The van der Waals surface area contributed by atoms with Crippen molar-refractivity contribution in [3.63, 3.8) is 0 Å². The Morgan fingerprint density at radius 1 is 1.09 bits per heavy atom. The number of phenolic OH excluding ortho intramolecular Hbond substituents is 1. The van der Waals surface area contributed by atoms with Gasteiger partial charge in [-0.2, -0.15) is 0 Å². The second kappa shape index (κ2) is 5.85. The Bertz CT molecular complexity index is 816. The number of benzene rings is 2. The quantitative estimate of drug-likeness (QED) is 0.777. The highest BCUT2D eigenvalue weighted by atomic mass is 16.3. The fourth-order valence-electron chi connectivity index (χ4n) is 2.42. The Morgan fingerprint density at radius 3 is 2.41 bits per heavy atom. The van der Waals surface area contributed by atoms with Crippen LogP contribution in [-0.4, -0.2) is 16.0 Å². The van der Waals surface area contributed by atoms with Gasteiger partial charge in [0.25, 0.3) is 5.91 Å². The Balaban J connectivity index is 1.87. The molecule has 110 valence electrons. The van der Waals surface area contributed by atoms with E-state index in [1.54, 1.807) is 24.5 Å². The number of nitrogens with zero attached hydrogens (tertiary/aromatic N) is 1. The molecule has 0 aliphatic heterocycles. The van der Waals surface area contributed by atoms with Crippen LogP contribution < -0.4 is 5.32 Å². The molecule has 4 nitrogen and oxygen atoms in total. The highest BCUT2D eigenvalue weighted by molar-refractivity contribution is 6.01. The summed E-state index contributed by atoms with van der Waals surface area (Å²) in [7, 11) is 0. The second-order valence-electron chi connectivity index (χ2n) is 5.19. The van der Waals surface area contributed by atoms with E-state index >= 15 is 0 Å². The van der Waals surface area contributed by atoms with Crippen LogP contribution in [0.2, 0.25) is 0 Å². The molecule has 0 radical (unpaired) electrons. The number of aromatic hydroxyl groups is 1. The summed E-state index contributed by atoms with van der Waals surface area (Å²) < 4.78 is 0. The first kappa shape index (κ1) is 14.1. The summed E-state index contributed by atoms with van der Waals surface area (Å²) in [5.74, 6) is -0.314. The van der Waals surface area contributed by atoms with Gasteiger partial charge in [0.15, 0.2) is 0 Å². The van der Waals surface area contributed by atoms with Gasteiger partial charge in [-0.15, -0.1) is 0 Å². The van der Waals surface area contributed by atoms with E-state index < -0.39 is 0 Å². The summed E-state index contributed by atoms with van der Waals surface area (Å²) in [6.45, 7) is 1.89. The molecule has 0 saturated carbocycles. The van der Waals surface area contributed by atoms with Crippen molar-refractivity contribution < 1.29 is 9.90 Å². The maximum atomic E-state index is 12.4. The molecule has 2 N–H and O–H groups in total. The largest absolute Gasteiger partial charge is 0.507 e. The van der Waals surface area contributed by atoms with Crippen LogP contribution in [-0.2, 0) is 0 Å². The van der Waals surface area contributed by atoms with Crippen LogP contribution in [0.5, 0.6) is 5.75 Å². The molecule has 2 aromatic carbocycles. The van der Waals surface area contributed by atoms with Crippen LogP contribution >= 0.6 is 0 Å². The number of hydrogen-bond donors (Lipinski definition) is 2. The van der Waals surface area contributed by atoms with Crippen molar-refractivity contribution in [1.82, 2.24) is 10.3 Å². The summed E-state index contributed by atoms with van der Waals surface area (Å²) in [6.07, 6.45) is 3.37. The van der Waals surface area contributed by atoms with Gasteiger partial charge in [-0.05, 0) is 47.5 Å². The summed E-state index contributed by atoms with van der Waals surface area (Å²) in [5, 5.41) is 14.8. The van der Waals surface area contributed by atoms with Gasteiger partial charge in [-0.1, -0.05) is 24.3 Å². The van der Waals surface area contributed by atoms with E-state index in [9.17, 15) is 9.90 Å². The first-order chi connectivity index (χ1) is 10.6. The van der Waals surface area contributed by atoms with Crippen molar-refractivity contribution in [1.29, 1.82) is 0 Å². The third-order valence-corrected chi connectivity index (χ3v) is 3.66. The van der Waals surface area contributed by atoms with Gasteiger partial charge in [0.2, 0.25) is 0 Å². The van der Waals surface area contributed by atoms with Crippen LogP contribution in [0.15, 0.2) is 60.9 Å². The van der Waals surface area contributed by atoms with E-state index in [1.165, 1.54) is 0 Å². The Hall–Kier alpha value is -2.88. The molecule has 0 aliphatic carbocycles. The number of hydrogen-bond acceptors (Lipinski definition) is 3. The molecule has 22 heavy (non-hydrogen) atoms. The molecule has 0 aliphatic rings. The number of phenols is 1. The van der Waals surface area contributed by atoms with Crippen molar-refractivity contribution >= 4 is 16.7 Å². The minimum atomic E-state index is -0.299. The zero-order valence-corrected chi connectivity index (χ0v) is 12.2. The van der Waals surface area contributed by atoms with Crippen LogP contribution in [0.3, 0.4) is 0 Å². The van der Waals surface area contributed by atoms with Crippen molar-refractivity contribution in [3.05, 3.63) is 72.1 Å². The van der Waals surface area contributed by atoms with Gasteiger partial charge in [-0.25, -0.2) is 0 Å². The van der Waals surface area contributed by atoms with Gasteiger partial charge < -0.3 is 10.4 Å². The molecule has 3 aromatic rings. The average Bonchev–Trinajstić information content (AvgIpc) is 2.54. The molecule has 1 unspecified atom stereocenters. The van der Waals surface area contributed by atoms with E-state index in [4.69, 9.17) is 0 Å². The Morgan fingerprint density at radius 2 is 1.73 bits per heavy atom.